The van der Waals surface area contributed by atoms with Gasteiger partial charge in [-0.25, -0.2) is 4.98 Å². The molecule has 2 fully saturated rings. The molecule has 2 aromatic rings. The number of pyridine rings is 1. The Morgan fingerprint density at radius 3 is 2.49 bits per heavy atom. The Kier molecular flexibility index (Phi) is 6.79. The molecule has 4 N–H and O–H groups in total. The number of rotatable bonds is 6. The molecule has 2 saturated heterocycles. The van der Waals surface area contributed by atoms with Crippen LogP contribution < -0.4 is 16.4 Å². The fourth-order valence-corrected chi connectivity index (χ4v) is 3.77. The van der Waals surface area contributed by atoms with Gasteiger partial charge in [-0.2, -0.15) is 18.2 Å². The van der Waals surface area contributed by atoms with Crippen molar-refractivity contribution in [1.82, 2.24) is 19.8 Å². The lowest BCUT2D eigenvalue weighted by molar-refractivity contribution is -0.237. The van der Waals surface area contributed by atoms with Crippen molar-refractivity contribution < 1.29 is 27.1 Å². The maximum atomic E-state index is 12.7. The first-order chi connectivity index (χ1) is 16.5. The van der Waals surface area contributed by atoms with E-state index in [0.717, 1.165) is 12.6 Å². The molecule has 0 aromatic carbocycles. The summed E-state index contributed by atoms with van der Waals surface area (Å²) in [5.41, 5.74) is 13.9. The van der Waals surface area contributed by atoms with Gasteiger partial charge in [0, 0.05) is 45.0 Å². The largest absolute Gasteiger partial charge is 0.422 e. The Hall–Kier alpha value is -3.48. The number of fused-ring (bicyclic) bond motifs is 1. The maximum absolute atomic E-state index is 12.7. The van der Waals surface area contributed by atoms with Gasteiger partial charge in [0.05, 0.1) is 17.6 Å². The van der Waals surface area contributed by atoms with Crippen molar-refractivity contribution in [3.8, 4) is 0 Å². The summed E-state index contributed by atoms with van der Waals surface area (Å²) in [7, 11) is 0. The number of aromatic nitrogens is 2. The SMILES string of the molecule is Cc1ccc2oc(N3CCN(C(=O)/C(N)=C/C=C(\N)N4CC(OC(C)C(F)(F)F)C4)CC3)nc2n1. The molecule has 1 unspecified atom stereocenters. The normalized spacial score (nSPS) is 19.3. The van der Waals surface area contributed by atoms with E-state index in [0.29, 0.717) is 49.2 Å². The molecular formula is C22H28F3N7O3. The number of nitrogens with zero attached hydrogens (tertiary/aromatic N) is 5. The molecule has 0 spiro atoms. The van der Waals surface area contributed by atoms with Gasteiger partial charge < -0.3 is 35.3 Å². The summed E-state index contributed by atoms with van der Waals surface area (Å²) in [6.07, 6.45) is -3.91. The monoisotopic (exact) mass is 495 g/mol. The minimum atomic E-state index is -4.40. The van der Waals surface area contributed by atoms with Crippen LogP contribution in [0.2, 0.25) is 0 Å². The van der Waals surface area contributed by atoms with Gasteiger partial charge >= 0.3 is 6.18 Å². The number of oxazole rings is 1. The first-order valence-electron chi connectivity index (χ1n) is 11.2. The number of amides is 1. The number of allylic oxidation sites excluding steroid dienone is 2. The maximum Gasteiger partial charge on any atom is 0.414 e. The zero-order valence-electron chi connectivity index (χ0n) is 19.5. The standard InChI is InChI=1S/C22H28F3N7O3/c1-13-3-5-17-19(28-13)29-21(35-17)31-9-7-30(8-10-31)20(33)16(26)4-6-18(27)32-11-15(12-32)34-14(2)22(23,24)25/h3-6,14-15H,7-12,26-27H2,1-2H3/b16-4-,18-6+. The van der Waals surface area contributed by atoms with Gasteiger partial charge in [-0.05, 0) is 38.1 Å². The van der Waals surface area contributed by atoms with E-state index in [1.165, 1.54) is 12.2 Å². The quantitative estimate of drug-likeness (QED) is 0.452. The van der Waals surface area contributed by atoms with E-state index in [2.05, 4.69) is 9.97 Å². The van der Waals surface area contributed by atoms with E-state index in [-0.39, 0.29) is 24.7 Å². The Morgan fingerprint density at radius 1 is 1.14 bits per heavy atom. The third-order valence-corrected chi connectivity index (χ3v) is 5.97. The average molecular weight is 496 g/mol. The van der Waals surface area contributed by atoms with Gasteiger partial charge in [0.2, 0.25) is 5.65 Å². The number of anilines is 1. The minimum absolute atomic E-state index is 0.0157. The lowest BCUT2D eigenvalue weighted by Crippen LogP contribution is -2.54. The molecule has 1 atom stereocenters. The highest BCUT2D eigenvalue weighted by atomic mass is 19.4. The smallest absolute Gasteiger partial charge is 0.414 e. The lowest BCUT2D eigenvalue weighted by Gasteiger charge is -2.41. The molecule has 10 nitrogen and oxygen atoms in total. The van der Waals surface area contributed by atoms with E-state index in [1.54, 1.807) is 9.80 Å². The van der Waals surface area contributed by atoms with E-state index in [9.17, 15) is 18.0 Å². The van der Waals surface area contributed by atoms with Gasteiger partial charge in [0.15, 0.2) is 11.7 Å². The topological polar surface area (TPSA) is 127 Å². The number of alkyl halides is 3. The van der Waals surface area contributed by atoms with E-state index in [1.807, 2.05) is 24.0 Å². The molecule has 2 aliphatic heterocycles. The molecule has 35 heavy (non-hydrogen) atoms. The highest BCUT2D eigenvalue weighted by Gasteiger charge is 2.41. The molecule has 0 saturated carbocycles. The lowest BCUT2D eigenvalue weighted by atomic mass is 10.1. The van der Waals surface area contributed by atoms with Crippen molar-refractivity contribution in [3.63, 3.8) is 0 Å². The van der Waals surface area contributed by atoms with Crippen LogP contribution in [0, 0.1) is 6.92 Å². The number of ether oxygens (including phenoxy) is 1. The van der Waals surface area contributed by atoms with Crippen LogP contribution in [-0.4, -0.2) is 83.3 Å². The number of aryl methyl sites for hydroxylation is 1. The number of carbonyl (C=O) groups is 1. The number of carbonyl (C=O) groups excluding carboxylic acids is 1. The minimum Gasteiger partial charge on any atom is -0.422 e. The fourth-order valence-electron chi connectivity index (χ4n) is 3.77. The Bertz CT molecular complexity index is 1130. The molecular weight excluding hydrogens is 467 g/mol. The number of piperazine rings is 1. The Balaban J connectivity index is 1.26. The van der Waals surface area contributed by atoms with Gasteiger partial charge in [0.1, 0.15) is 0 Å². The third kappa shape index (κ3) is 5.61. The van der Waals surface area contributed by atoms with Gasteiger partial charge in [-0.1, -0.05) is 0 Å². The number of nitrogens with two attached hydrogens (primary N) is 2. The highest BCUT2D eigenvalue weighted by molar-refractivity contribution is 5.93. The average Bonchev–Trinajstić information content (AvgIpc) is 3.21. The first kappa shape index (κ1) is 24.6. The molecule has 0 radical (unpaired) electrons. The van der Waals surface area contributed by atoms with Gasteiger partial charge in [-0.3, -0.25) is 4.79 Å². The van der Waals surface area contributed by atoms with E-state index >= 15 is 0 Å². The molecule has 190 valence electrons. The van der Waals surface area contributed by atoms with Crippen LogP contribution in [0.5, 0.6) is 0 Å². The summed E-state index contributed by atoms with van der Waals surface area (Å²) in [6, 6.07) is 4.15. The summed E-state index contributed by atoms with van der Waals surface area (Å²) in [5.74, 6) is -0.0303. The summed E-state index contributed by atoms with van der Waals surface area (Å²) in [5, 5.41) is 0. The van der Waals surface area contributed by atoms with Crippen molar-refractivity contribution in [2.45, 2.75) is 32.2 Å². The predicted molar refractivity (Wildman–Crippen MR) is 122 cm³/mol. The number of hydrogen-bond donors (Lipinski definition) is 2. The van der Waals surface area contributed by atoms with Crippen LogP contribution in [0.1, 0.15) is 12.6 Å². The van der Waals surface area contributed by atoms with Crippen LogP contribution in [0.3, 0.4) is 0 Å². The Labute approximate surface area is 200 Å². The van der Waals surface area contributed by atoms with Gasteiger partial charge in [0.25, 0.3) is 11.9 Å². The second kappa shape index (κ2) is 9.64. The van der Waals surface area contributed by atoms with Crippen LogP contribution >= 0.6 is 0 Å². The van der Waals surface area contributed by atoms with Crippen molar-refractivity contribution in [3.05, 3.63) is 41.5 Å². The Morgan fingerprint density at radius 2 is 1.83 bits per heavy atom. The first-order valence-corrected chi connectivity index (χ1v) is 11.2. The van der Waals surface area contributed by atoms with Gasteiger partial charge in [-0.15, -0.1) is 0 Å². The summed E-state index contributed by atoms with van der Waals surface area (Å²) in [6.45, 7) is 5.23. The second-order valence-electron chi connectivity index (χ2n) is 8.61. The number of likely N-dealkylation sites (tertiary alicyclic amines) is 1. The van der Waals surface area contributed by atoms with Crippen LogP contribution in [-0.2, 0) is 9.53 Å². The highest BCUT2D eigenvalue weighted by Crippen LogP contribution is 2.26. The van der Waals surface area contributed by atoms with Crippen LogP contribution in [0.4, 0.5) is 19.2 Å². The summed E-state index contributed by atoms with van der Waals surface area (Å²) in [4.78, 5) is 26.7. The third-order valence-electron chi connectivity index (χ3n) is 5.97. The second-order valence-corrected chi connectivity index (χ2v) is 8.61. The fraction of sp³-hybridized carbons (Fsp3) is 0.500. The van der Waals surface area contributed by atoms with Crippen LogP contribution in [0.25, 0.3) is 11.2 Å². The molecule has 0 aliphatic carbocycles. The van der Waals surface area contributed by atoms with Crippen LogP contribution in [0.15, 0.2) is 40.2 Å². The van der Waals surface area contributed by atoms with Crippen molar-refractivity contribution >= 4 is 23.2 Å². The van der Waals surface area contributed by atoms with Crippen molar-refractivity contribution in [1.29, 1.82) is 0 Å². The molecule has 0 bridgehead atoms. The molecule has 4 rings (SSSR count). The van der Waals surface area contributed by atoms with E-state index in [4.69, 9.17) is 20.6 Å². The summed E-state index contributed by atoms with van der Waals surface area (Å²) >= 11 is 0. The molecule has 4 heterocycles. The zero-order valence-corrected chi connectivity index (χ0v) is 19.5. The zero-order chi connectivity index (χ0) is 25.3. The number of halogens is 3. The predicted octanol–water partition coefficient (Wildman–Crippen LogP) is 1.47. The van der Waals surface area contributed by atoms with Crippen molar-refractivity contribution in [2.24, 2.45) is 11.5 Å². The van der Waals surface area contributed by atoms with E-state index < -0.39 is 18.4 Å². The molecule has 2 aromatic heterocycles. The molecule has 1 amide bonds. The molecule has 13 heteroatoms. The molecule has 2 aliphatic rings. The summed E-state index contributed by atoms with van der Waals surface area (Å²) < 4.78 is 48.5. The van der Waals surface area contributed by atoms with Crippen molar-refractivity contribution in [2.75, 3.05) is 44.2 Å². The number of hydrogen-bond acceptors (Lipinski definition) is 9.